The zero-order valence-corrected chi connectivity index (χ0v) is 54.7. The number of phenolic OH excluding ortho intramolecular Hbond substituents is 2. The lowest BCUT2D eigenvalue weighted by molar-refractivity contribution is -0.108. The quantitative estimate of drug-likeness (QED) is 0.0159. The maximum Gasteiger partial charge on any atom is 0.131 e. The fourth-order valence-electron chi connectivity index (χ4n) is 11.3. The summed E-state index contributed by atoms with van der Waals surface area (Å²) in [6, 6.07) is 37.6. The summed E-state index contributed by atoms with van der Waals surface area (Å²) in [5, 5.41) is 29.8. The average Bonchev–Trinajstić information content (AvgIpc) is 0.786. The summed E-state index contributed by atoms with van der Waals surface area (Å²) in [5.41, 5.74) is 10.3. The predicted octanol–water partition coefficient (Wildman–Crippen LogP) is 15.0. The Bertz CT molecular complexity index is 3840. The van der Waals surface area contributed by atoms with E-state index in [0.717, 1.165) is 31.0 Å². The number of aromatic hydroxyl groups is 2. The topological polar surface area (TPSA) is 216 Å². The summed E-state index contributed by atoms with van der Waals surface area (Å²) < 4.78 is 59.3. The van der Waals surface area contributed by atoms with E-state index in [-0.39, 0.29) is 37.2 Å². The van der Waals surface area contributed by atoms with Crippen molar-refractivity contribution in [2.75, 3.05) is 75.4 Å². The molecule has 0 unspecified atom stereocenters. The Labute approximate surface area is 549 Å². The van der Waals surface area contributed by atoms with Crippen molar-refractivity contribution >= 4 is 54.0 Å². The summed E-state index contributed by atoms with van der Waals surface area (Å²) >= 11 is 0. The highest BCUT2D eigenvalue weighted by Gasteiger charge is 2.25. The third-order valence-electron chi connectivity index (χ3n) is 16.3. The van der Waals surface area contributed by atoms with E-state index in [4.69, 9.17) is 62.3 Å². The number of nitrogens with zero attached hydrogens (tertiary/aromatic N) is 3. The molecule has 1 aliphatic rings. The molecule has 0 atom stereocenters. The molecule has 0 spiro atoms. The van der Waals surface area contributed by atoms with E-state index >= 15 is 0 Å². The van der Waals surface area contributed by atoms with Crippen molar-refractivity contribution in [2.24, 2.45) is 15.0 Å². The van der Waals surface area contributed by atoms with E-state index in [1.54, 1.807) is 93.7 Å². The third-order valence-corrected chi connectivity index (χ3v) is 16.3. The second kappa shape index (κ2) is 33.7. The maximum absolute atomic E-state index is 13.1. The molecule has 0 fully saturated rings. The fourth-order valence-corrected chi connectivity index (χ4v) is 11.3. The van der Waals surface area contributed by atoms with Gasteiger partial charge in [0.25, 0.3) is 0 Å². The molecule has 0 aromatic heterocycles. The molecule has 0 aliphatic heterocycles. The van der Waals surface area contributed by atoms with E-state index in [9.17, 15) is 19.8 Å². The van der Waals surface area contributed by atoms with Gasteiger partial charge in [0.05, 0.1) is 87.2 Å². The lowest BCUT2D eigenvalue weighted by atomic mass is 9.90. The van der Waals surface area contributed by atoms with Crippen LogP contribution in [0.25, 0.3) is 0 Å². The number of rotatable bonds is 31. The number of hydrogen-bond donors (Lipinski definition) is 3. The molecule has 0 saturated heterocycles. The number of aldehydes is 2. The lowest BCUT2D eigenvalue weighted by Gasteiger charge is -2.22. The zero-order valence-electron chi connectivity index (χ0n) is 54.7. The van der Waals surface area contributed by atoms with Gasteiger partial charge in [-0.3, -0.25) is 15.0 Å². The molecule has 8 aromatic carbocycles. The summed E-state index contributed by atoms with van der Waals surface area (Å²) in [6.45, 7) is 0.965. The van der Waals surface area contributed by atoms with Crippen molar-refractivity contribution in [3.63, 3.8) is 0 Å². The molecule has 3 N–H and O–H groups in total. The fraction of sp³-hybridized carbons (Fsp3) is 0.303. The Morgan fingerprint density at radius 2 is 0.713 bits per heavy atom. The minimum absolute atomic E-state index is 0.0246. The second-order valence-electron chi connectivity index (χ2n) is 22.5. The number of nitrogens with one attached hydrogen (secondary N) is 1. The zero-order chi connectivity index (χ0) is 66.3. The molecule has 0 heterocycles. The van der Waals surface area contributed by atoms with Gasteiger partial charge in [-0.25, -0.2) is 0 Å². The molecule has 0 saturated carbocycles. The minimum Gasteiger partial charge on any atom is -0.507 e. The first kappa shape index (κ1) is 67.9. The molecule has 18 heteroatoms. The highest BCUT2D eigenvalue weighted by Crippen LogP contribution is 2.44. The molecule has 0 amide bonds. The van der Waals surface area contributed by atoms with Crippen LogP contribution in [0, 0.1) is 0 Å². The number of anilines is 1. The van der Waals surface area contributed by atoms with Crippen LogP contribution in [0.1, 0.15) is 118 Å². The van der Waals surface area contributed by atoms with Crippen molar-refractivity contribution in [1.29, 1.82) is 0 Å². The minimum atomic E-state index is 0.0246. The van der Waals surface area contributed by atoms with Crippen molar-refractivity contribution in [3.05, 3.63) is 188 Å². The monoisotopic (exact) mass is 1270 g/mol. The summed E-state index contributed by atoms with van der Waals surface area (Å²) in [4.78, 5) is 38.1. The van der Waals surface area contributed by atoms with E-state index in [1.165, 1.54) is 0 Å². The number of aliphatic imine (C=N–C) groups is 3. The van der Waals surface area contributed by atoms with Crippen molar-refractivity contribution in [3.8, 4) is 69.0 Å². The number of carbonyl (C=O) groups excluding carboxylic acids is 2. The second-order valence-corrected chi connectivity index (χ2v) is 22.5. The van der Waals surface area contributed by atoms with Crippen LogP contribution in [-0.4, -0.2) is 112 Å². The standard InChI is InChI=1S/C76H82N4O14/c1-85-65-21-17-49(69(41-65)89-5)45-77-61-33-53-29-57-37-63(79-47-51-19-23-67(87-3)43-71(51)91-7)39-59(75(57)93-27-15-11-9-13-25-81)31-55-35-62(78-46-50-18-22-66(86-2)42-70(50)90-6)36-56(74(55)84)32-60-40-64(80-48-52-20-24-68(88-4)44-72(52)92-8)38-58(30-54(34-61)73(53)83)76(60)94-28-16-12-10-14-26-82/h17-26,33-45,47-48,78,83-84H,9-16,27-32,46H2,1-8H3/b77-45+,79-47+,80-48+. The number of unbranched alkanes of at least 4 members (excludes halogenated alkanes) is 6. The Balaban J connectivity index is 1.31. The number of hydrogen-bond acceptors (Lipinski definition) is 18. The number of phenols is 2. The van der Waals surface area contributed by atoms with Crippen LogP contribution in [0.5, 0.6) is 69.0 Å². The van der Waals surface area contributed by atoms with Gasteiger partial charge in [-0.15, -0.1) is 0 Å². The van der Waals surface area contributed by atoms with Gasteiger partial charge in [0.2, 0.25) is 0 Å². The first-order chi connectivity index (χ1) is 45.9. The van der Waals surface area contributed by atoms with Gasteiger partial charge in [0.15, 0.2) is 0 Å². The van der Waals surface area contributed by atoms with Crippen LogP contribution in [0.3, 0.4) is 0 Å². The lowest BCUT2D eigenvalue weighted by Crippen LogP contribution is -2.08. The third kappa shape index (κ3) is 17.5. The summed E-state index contributed by atoms with van der Waals surface area (Å²) in [5.74, 6) is 5.99. The number of ether oxygens (including phenoxy) is 10. The van der Waals surface area contributed by atoms with Gasteiger partial charge in [0.1, 0.15) is 81.6 Å². The molecule has 490 valence electrons. The van der Waals surface area contributed by atoms with Crippen molar-refractivity contribution in [2.45, 2.75) is 83.6 Å². The highest BCUT2D eigenvalue weighted by atomic mass is 16.5. The largest absolute Gasteiger partial charge is 0.507 e. The molecule has 8 aromatic rings. The Morgan fingerprint density at radius 3 is 1.05 bits per heavy atom. The van der Waals surface area contributed by atoms with Gasteiger partial charge in [-0.2, -0.15) is 0 Å². The van der Waals surface area contributed by atoms with Gasteiger partial charge < -0.3 is 72.5 Å². The van der Waals surface area contributed by atoms with E-state index < -0.39 is 0 Å². The van der Waals surface area contributed by atoms with Crippen LogP contribution in [-0.2, 0) is 41.8 Å². The predicted molar refractivity (Wildman–Crippen MR) is 368 cm³/mol. The smallest absolute Gasteiger partial charge is 0.131 e. The van der Waals surface area contributed by atoms with Crippen molar-refractivity contribution in [1.82, 2.24) is 0 Å². The molecule has 94 heavy (non-hydrogen) atoms. The van der Waals surface area contributed by atoms with Crippen LogP contribution >= 0.6 is 0 Å². The molecular formula is C76H82N4O14. The van der Waals surface area contributed by atoms with Gasteiger partial charge in [-0.05, 0) is 136 Å². The molecule has 9 rings (SSSR count). The van der Waals surface area contributed by atoms with Crippen LogP contribution in [0.4, 0.5) is 22.7 Å². The van der Waals surface area contributed by atoms with Crippen LogP contribution in [0.2, 0.25) is 0 Å². The average molecular weight is 1280 g/mol. The molecular weight excluding hydrogens is 1190 g/mol. The molecule has 18 nitrogen and oxygen atoms in total. The summed E-state index contributed by atoms with van der Waals surface area (Å²) in [7, 11) is 12.8. The van der Waals surface area contributed by atoms with E-state index in [2.05, 4.69) is 5.32 Å². The number of fused-ring (bicyclic) bond motifs is 8. The Morgan fingerprint density at radius 1 is 0.383 bits per heavy atom. The highest BCUT2D eigenvalue weighted by molar-refractivity contribution is 5.88. The molecule has 1 aliphatic carbocycles. The first-order valence-electron chi connectivity index (χ1n) is 31.3. The SMILES string of the molecule is COc1ccc(/C=N/c2cc3c(O)c(c2)Cc2cc(/N=C/c4ccc(OC)cc4OC)cc(c2OCCCCCC=O)Cc2cc(NCc4ccc(OC)cc4OC)cc(c2O)Cc2cc(/N=C/c4ccc(OC)cc4OC)cc(c2OCCCCCC=O)C3)c(OC)c1. The van der Waals surface area contributed by atoms with Crippen molar-refractivity contribution < 1.29 is 67.2 Å². The maximum atomic E-state index is 13.1. The van der Waals surface area contributed by atoms with Gasteiger partial charge in [-0.1, -0.05) is 0 Å². The van der Waals surface area contributed by atoms with Gasteiger partial charge >= 0.3 is 0 Å². The number of methoxy groups -OCH3 is 8. The first-order valence-corrected chi connectivity index (χ1v) is 31.3. The molecule has 8 bridgehead atoms. The van der Waals surface area contributed by atoms with E-state index in [0.29, 0.717) is 200 Å². The van der Waals surface area contributed by atoms with Crippen LogP contribution in [0.15, 0.2) is 136 Å². The summed E-state index contributed by atoms with van der Waals surface area (Å²) in [6.07, 6.45) is 12.7. The Kier molecular flexibility index (Phi) is 24.4. The number of carbonyl (C=O) groups is 2. The van der Waals surface area contributed by atoms with E-state index in [1.807, 2.05) is 103 Å². The molecule has 0 radical (unpaired) electrons. The normalized spacial score (nSPS) is 12.0. The number of benzene rings is 8. The van der Waals surface area contributed by atoms with Gasteiger partial charge in [0, 0.05) is 160 Å². The Hall–Kier alpha value is -10.5. The van der Waals surface area contributed by atoms with Crippen LogP contribution < -0.4 is 52.7 Å².